The Balaban J connectivity index is 2.24. The van der Waals surface area contributed by atoms with E-state index < -0.39 is 11.8 Å². The van der Waals surface area contributed by atoms with E-state index in [-0.39, 0.29) is 6.42 Å². The molecule has 0 aromatic carbocycles. The number of H-pyrrole nitrogens is 1. The second kappa shape index (κ2) is 2.44. The van der Waals surface area contributed by atoms with Gasteiger partial charge in [-0.1, -0.05) is 0 Å². The van der Waals surface area contributed by atoms with Crippen molar-refractivity contribution in [1.82, 2.24) is 15.2 Å². The Morgan fingerprint density at radius 2 is 2.20 bits per heavy atom. The molecule has 2 aromatic rings. The van der Waals surface area contributed by atoms with E-state index in [9.17, 15) is 8.78 Å². The quantitative estimate of drug-likeness (QED) is 0.752. The Morgan fingerprint density at radius 3 is 2.87 bits per heavy atom. The Bertz CT molecular complexity index is 534. The van der Waals surface area contributed by atoms with Crippen LogP contribution >= 0.6 is 0 Å². The van der Waals surface area contributed by atoms with Crippen LogP contribution in [0.15, 0.2) is 12.4 Å². The standard InChI is InChI=1S/C9H8F2N4/c10-9(11)1-5(9)7-4-2-14-15-8(4)13-3-6(7)12/h2-3,5H,1,12H2,(H,13,14,15). The largest absolute Gasteiger partial charge is 0.397 e. The van der Waals surface area contributed by atoms with Crippen molar-refractivity contribution in [2.45, 2.75) is 18.3 Å². The second-order valence-corrected chi connectivity index (χ2v) is 3.78. The van der Waals surface area contributed by atoms with Gasteiger partial charge in [0, 0.05) is 11.8 Å². The summed E-state index contributed by atoms with van der Waals surface area (Å²) in [6.45, 7) is 0. The molecule has 1 unspecified atom stereocenters. The average molecular weight is 210 g/mol. The number of hydrogen-bond donors (Lipinski definition) is 2. The lowest BCUT2D eigenvalue weighted by atomic mass is 10.1. The first kappa shape index (κ1) is 8.58. The highest BCUT2D eigenvalue weighted by atomic mass is 19.3. The summed E-state index contributed by atoms with van der Waals surface area (Å²) in [6, 6.07) is 0. The molecule has 2 aromatic heterocycles. The molecule has 0 spiro atoms. The number of pyridine rings is 1. The van der Waals surface area contributed by atoms with Crippen molar-refractivity contribution in [3.05, 3.63) is 18.0 Å². The number of aromatic nitrogens is 3. The maximum Gasteiger partial charge on any atom is 0.256 e. The van der Waals surface area contributed by atoms with E-state index in [0.717, 1.165) is 0 Å². The van der Waals surface area contributed by atoms with Gasteiger partial charge in [-0.2, -0.15) is 5.10 Å². The summed E-state index contributed by atoms with van der Waals surface area (Å²) in [6.07, 6.45) is 2.74. The van der Waals surface area contributed by atoms with Gasteiger partial charge in [0.15, 0.2) is 5.65 Å². The topological polar surface area (TPSA) is 67.6 Å². The minimum atomic E-state index is -2.63. The summed E-state index contributed by atoms with van der Waals surface area (Å²) < 4.78 is 26.0. The van der Waals surface area contributed by atoms with Crippen LogP contribution in [0.2, 0.25) is 0 Å². The molecule has 1 fully saturated rings. The van der Waals surface area contributed by atoms with E-state index in [4.69, 9.17) is 5.73 Å². The first-order valence-electron chi connectivity index (χ1n) is 4.55. The second-order valence-electron chi connectivity index (χ2n) is 3.78. The molecule has 1 aliphatic rings. The minimum Gasteiger partial charge on any atom is -0.397 e. The first-order chi connectivity index (χ1) is 7.09. The van der Waals surface area contributed by atoms with Gasteiger partial charge in [-0.25, -0.2) is 13.8 Å². The van der Waals surface area contributed by atoms with E-state index in [1.165, 1.54) is 12.4 Å². The number of aromatic amines is 1. The zero-order valence-electron chi connectivity index (χ0n) is 7.67. The lowest BCUT2D eigenvalue weighted by molar-refractivity contribution is 0.112. The molecular weight excluding hydrogens is 202 g/mol. The molecule has 6 heteroatoms. The highest BCUT2D eigenvalue weighted by molar-refractivity contribution is 5.84. The fraction of sp³-hybridized carbons (Fsp3) is 0.333. The van der Waals surface area contributed by atoms with E-state index in [0.29, 0.717) is 22.3 Å². The Morgan fingerprint density at radius 1 is 1.47 bits per heavy atom. The van der Waals surface area contributed by atoms with Crippen molar-refractivity contribution >= 4 is 16.7 Å². The third-order valence-corrected chi connectivity index (χ3v) is 2.73. The molecule has 3 N–H and O–H groups in total. The monoisotopic (exact) mass is 210 g/mol. The zero-order valence-corrected chi connectivity index (χ0v) is 7.67. The Labute approximate surface area is 83.5 Å². The number of nitrogen functional groups attached to an aromatic ring is 1. The minimum absolute atomic E-state index is 0.137. The van der Waals surface area contributed by atoms with Gasteiger partial charge < -0.3 is 5.73 Å². The molecule has 1 aliphatic carbocycles. The fourth-order valence-electron chi connectivity index (χ4n) is 1.85. The molecule has 0 bridgehead atoms. The van der Waals surface area contributed by atoms with Gasteiger partial charge in [-0.05, 0) is 5.56 Å². The highest BCUT2D eigenvalue weighted by Crippen LogP contribution is 2.58. The number of nitrogens with two attached hydrogens (primary N) is 1. The zero-order chi connectivity index (χ0) is 10.6. The number of halogens is 2. The maximum atomic E-state index is 13.0. The van der Waals surface area contributed by atoms with Crippen molar-refractivity contribution in [2.24, 2.45) is 0 Å². The van der Waals surface area contributed by atoms with Crippen LogP contribution in [0.5, 0.6) is 0 Å². The molecule has 1 atom stereocenters. The molecule has 2 heterocycles. The number of hydrogen-bond acceptors (Lipinski definition) is 3. The number of rotatable bonds is 1. The van der Waals surface area contributed by atoms with E-state index >= 15 is 0 Å². The molecule has 78 valence electrons. The molecule has 0 radical (unpaired) electrons. The van der Waals surface area contributed by atoms with Gasteiger partial charge in [0.2, 0.25) is 0 Å². The van der Waals surface area contributed by atoms with Crippen molar-refractivity contribution in [3.63, 3.8) is 0 Å². The van der Waals surface area contributed by atoms with Gasteiger partial charge in [0.05, 0.1) is 24.0 Å². The van der Waals surface area contributed by atoms with Gasteiger partial charge >= 0.3 is 0 Å². The number of fused-ring (bicyclic) bond motifs is 1. The van der Waals surface area contributed by atoms with E-state index in [1.54, 1.807) is 0 Å². The van der Waals surface area contributed by atoms with Gasteiger partial charge in [0.25, 0.3) is 5.92 Å². The van der Waals surface area contributed by atoms with Crippen LogP contribution < -0.4 is 5.73 Å². The van der Waals surface area contributed by atoms with Crippen molar-refractivity contribution in [1.29, 1.82) is 0 Å². The highest BCUT2D eigenvalue weighted by Gasteiger charge is 2.58. The normalized spacial score (nSPS) is 23.2. The van der Waals surface area contributed by atoms with Gasteiger partial charge in [0.1, 0.15) is 0 Å². The SMILES string of the molecule is Nc1cnc2[nH]ncc2c1C1CC1(F)F. The van der Waals surface area contributed by atoms with Crippen LogP contribution in [0, 0.1) is 0 Å². The molecule has 15 heavy (non-hydrogen) atoms. The summed E-state index contributed by atoms with van der Waals surface area (Å²) in [7, 11) is 0. The fourth-order valence-corrected chi connectivity index (χ4v) is 1.85. The molecule has 0 saturated heterocycles. The average Bonchev–Trinajstić information content (AvgIpc) is 2.64. The van der Waals surface area contributed by atoms with Crippen LogP contribution in [0.4, 0.5) is 14.5 Å². The first-order valence-corrected chi connectivity index (χ1v) is 4.55. The van der Waals surface area contributed by atoms with E-state index in [2.05, 4.69) is 15.2 Å². The van der Waals surface area contributed by atoms with Crippen molar-refractivity contribution in [3.8, 4) is 0 Å². The summed E-state index contributed by atoms with van der Waals surface area (Å²) in [5.41, 5.74) is 6.95. The van der Waals surface area contributed by atoms with Crippen LogP contribution in [0.1, 0.15) is 17.9 Å². The molecular formula is C9H8F2N4. The van der Waals surface area contributed by atoms with Gasteiger partial charge in [-0.3, -0.25) is 5.10 Å². The summed E-state index contributed by atoms with van der Waals surface area (Å²) >= 11 is 0. The lowest BCUT2D eigenvalue weighted by Crippen LogP contribution is -1.99. The van der Waals surface area contributed by atoms with Crippen molar-refractivity contribution in [2.75, 3.05) is 5.73 Å². The molecule has 4 nitrogen and oxygen atoms in total. The summed E-state index contributed by atoms with van der Waals surface area (Å²) in [5, 5.41) is 7.00. The number of anilines is 1. The molecule has 3 rings (SSSR count). The summed E-state index contributed by atoms with van der Waals surface area (Å²) in [5.74, 6) is -3.40. The van der Waals surface area contributed by atoms with Crippen LogP contribution in [0.25, 0.3) is 11.0 Å². The number of nitrogens with one attached hydrogen (secondary N) is 1. The predicted octanol–water partition coefficient (Wildman–Crippen LogP) is 1.66. The number of nitrogens with zero attached hydrogens (tertiary/aromatic N) is 2. The summed E-state index contributed by atoms with van der Waals surface area (Å²) in [4.78, 5) is 3.97. The predicted molar refractivity (Wildman–Crippen MR) is 50.6 cm³/mol. The third kappa shape index (κ3) is 1.10. The maximum absolute atomic E-state index is 13.0. The number of alkyl halides is 2. The Kier molecular flexibility index (Phi) is 1.40. The van der Waals surface area contributed by atoms with Crippen LogP contribution in [-0.2, 0) is 0 Å². The van der Waals surface area contributed by atoms with E-state index in [1.807, 2.05) is 0 Å². The third-order valence-electron chi connectivity index (χ3n) is 2.73. The van der Waals surface area contributed by atoms with Crippen LogP contribution in [0.3, 0.4) is 0 Å². The lowest BCUT2D eigenvalue weighted by Gasteiger charge is -2.04. The van der Waals surface area contributed by atoms with Crippen molar-refractivity contribution < 1.29 is 8.78 Å². The van der Waals surface area contributed by atoms with Gasteiger partial charge in [-0.15, -0.1) is 0 Å². The molecule has 0 aliphatic heterocycles. The smallest absolute Gasteiger partial charge is 0.256 e. The molecule has 1 saturated carbocycles. The Hall–Kier alpha value is -1.72. The van der Waals surface area contributed by atoms with Crippen LogP contribution in [-0.4, -0.2) is 21.1 Å². The molecule has 0 amide bonds.